The summed E-state index contributed by atoms with van der Waals surface area (Å²) in [5.41, 5.74) is 0.642. The summed E-state index contributed by atoms with van der Waals surface area (Å²) in [4.78, 5) is 20.6. The summed E-state index contributed by atoms with van der Waals surface area (Å²) in [5.74, 6) is 1.64. The van der Waals surface area contributed by atoms with Crippen molar-refractivity contribution in [1.29, 1.82) is 0 Å². The molecule has 0 aliphatic carbocycles. The summed E-state index contributed by atoms with van der Waals surface area (Å²) in [5, 5.41) is 6.68. The zero-order valence-electron chi connectivity index (χ0n) is 19.0. The maximum atomic E-state index is 12.1. The molecule has 1 amide bonds. The summed E-state index contributed by atoms with van der Waals surface area (Å²) in [6.07, 6.45) is 0.788. The second kappa shape index (κ2) is 11.6. The highest BCUT2D eigenvalue weighted by atomic mass is 16.6. The number of hydrogen-bond acceptors (Lipinski definition) is 5. The molecule has 1 heterocycles. The molecule has 0 saturated carbocycles. The number of nitrogens with zero attached hydrogens (tertiary/aromatic N) is 3. The van der Waals surface area contributed by atoms with Gasteiger partial charge in [-0.3, -0.25) is 9.89 Å². The highest BCUT2D eigenvalue weighted by molar-refractivity contribution is 5.79. The Hall–Kier alpha value is -2.48. The van der Waals surface area contributed by atoms with Crippen molar-refractivity contribution in [2.75, 3.05) is 53.4 Å². The Kier molecular flexibility index (Phi) is 9.23. The number of carbonyl (C=O) groups excluding carboxylic acids is 1. The topological polar surface area (TPSA) is 78.4 Å². The Balaban J connectivity index is 1.63. The Bertz CT molecular complexity index is 694. The lowest BCUT2D eigenvalue weighted by atomic mass is 10.2. The molecule has 1 aliphatic rings. The first-order valence-electron chi connectivity index (χ1n) is 10.6. The van der Waals surface area contributed by atoms with Gasteiger partial charge in [-0.2, -0.15) is 0 Å². The molecule has 0 atom stereocenters. The summed E-state index contributed by atoms with van der Waals surface area (Å²) < 4.78 is 10.8. The first kappa shape index (κ1) is 23.8. The third-order valence-electron chi connectivity index (χ3n) is 4.83. The van der Waals surface area contributed by atoms with Crippen LogP contribution in [0.4, 0.5) is 4.79 Å². The molecule has 0 radical (unpaired) electrons. The molecule has 2 N–H and O–H groups in total. The normalized spacial score (nSPS) is 15.6. The van der Waals surface area contributed by atoms with Crippen molar-refractivity contribution in [2.24, 2.45) is 4.99 Å². The van der Waals surface area contributed by atoms with E-state index in [1.54, 1.807) is 19.1 Å². The molecular weight excluding hydrogens is 382 g/mol. The summed E-state index contributed by atoms with van der Waals surface area (Å²) in [7, 11) is 3.45. The van der Waals surface area contributed by atoms with Crippen LogP contribution >= 0.6 is 0 Å². The number of rotatable bonds is 7. The van der Waals surface area contributed by atoms with Crippen LogP contribution in [0.1, 0.15) is 32.8 Å². The molecule has 8 heteroatoms. The Morgan fingerprint density at radius 2 is 1.83 bits per heavy atom. The number of hydrogen-bond donors (Lipinski definition) is 2. The molecule has 0 spiro atoms. The van der Waals surface area contributed by atoms with Gasteiger partial charge in [-0.15, -0.1) is 0 Å². The van der Waals surface area contributed by atoms with E-state index in [4.69, 9.17) is 9.47 Å². The van der Waals surface area contributed by atoms with E-state index in [1.807, 2.05) is 45.0 Å². The number of nitrogens with one attached hydrogen (secondary N) is 2. The van der Waals surface area contributed by atoms with Gasteiger partial charge >= 0.3 is 6.09 Å². The van der Waals surface area contributed by atoms with E-state index in [0.29, 0.717) is 19.6 Å². The average molecular weight is 420 g/mol. The van der Waals surface area contributed by atoms with E-state index in [1.165, 1.54) is 0 Å². The number of piperazine rings is 1. The van der Waals surface area contributed by atoms with Gasteiger partial charge in [0.2, 0.25) is 0 Å². The van der Waals surface area contributed by atoms with Gasteiger partial charge in [-0.25, -0.2) is 4.79 Å². The minimum absolute atomic E-state index is 0.214. The van der Waals surface area contributed by atoms with Crippen molar-refractivity contribution in [3.8, 4) is 5.75 Å². The molecule has 0 unspecified atom stereocenters. The number of para-hydroxylation sites is 1. The summed E-state index contributed by atoms with van der Waals surface area (Å²) >= 11 is 0. The monoisotopic (exact) mass is 419 g/mol. The Labute approximate surface area is 180 Å². The molecule has 1 fully saturated rings. The fourth-order valence-corrected chi connectivity index (χ4v) is 3.24. The molecule has 1 aromatic rings. The quantitative estimate of drug-likeness (QED) is 0.401. The van der Waals surface area contributed by atoms with Gasteiger partial charge < -0.3 is 25.0 Å². The molecule has 0 aromatic heterocycles. The second-order valence-electron chi connectivity index (χ2n) is 8.33. The Morgan fingerprint density at radius 3 is 2.47 bits per heavy atom. The molecule has 1 aliphatic heterocycles. The third kappa shape index (κ3) is 8.10. The van der Waals surface area contributed by atoms with Crippen LogP contribution < -0.4 is 15.4 Å². The number of guanidine groups is 1. The van der Waals surface area contributed by atoms with Gasteiger partial charge in [0, 0.05) is 51.9 Å². The fraction of sp³-hybridized carbons (Fsp3) is 0.636. The van der Waals surface area contributed by atoms with E-state index in [-0.39, 0.29) is 6.09 Å². The standard InChI is InChI=1S/C22H37N5O3/c1-22(2,3)30-21(28)27-15-13-26(14-16-27)12-8-11-24-20(23-4)25-17-18-9-6-7-10-19(18)29-5/h6-7,9-10H,8,11-17H2,1-5H3,(H2,23,24,25). The molecule has 8 nitrogen and oxygen atoms in total. The van der Waals surface area contributed by atoms with E-state index < -0.39 is 5.60 Å². The van der Waals surface area contributed by atoms with E-state index in [9.17, 15) is 4.79 Å². The SMILES string of the molecule is CN=C(NCCCN1CCN(C(=O)OC(C)(C)C)CC1)NCc1ccccc1OC. The van der Waals surface area contributed by atoms with Crippen molar-refractivity contribution < 1.29 is 14.3 Å². The lowest BCUT2D eigenvalue weighted by Crippen LogP contribution is -2.50. The predicted octanol–water partition coefficient (Wildman–Crippen LogP) is 2.30. The smallest absolute Gasteiger partial charge is 0.410 e. The van der Waals surface area contributed by atoms with Crippen LogP contribution in [-0.2, 0) is 11.3 Å². The predicted molar refractivity (Wildman–Crippen MR) is 120 cm³/mol. The maximum Gasteiger partial charge on any atom is 0.410 e. The number of aliphatic imine (C=N–C) groups is 1. The number of methoxy groups -OCH3 is 1. The second-order valence-corrected chi connectivity index (χ2v) is 8.33. The van der Waals surface area contributed by atoms with Crippen molar-refractivity contribution >= 4 is 12.1 Å². The zero-order valence-corrected chi connectivity index (χ0v) is 19.0. The molecule has 168 valence electrons. The Morgan fingerprint density at radius 1 is 1.13 bits per heavy atom. The van der Waals surface area contributed by atoms with Crippen LogP contribution in [0.15, 0.2) is 29.3 Å². The number of ether oxygens (including phenoxy) is 2. The minimum atomic E-state index is -0.446. The van der Waals surface area contributed by atoms with Crippen LogP contribution in [0, 0.1) is 0 Å². The largest absolute Gasteiger partial charge is 0.496 e. The maximum absolute atomic E-state index is 12.1. The van der Waals surface area contributed by atoms with Gasteiger partial charge in [0.1, 0.15) is 11.4 Å². The van der Waals surface area contributed by atoms with Gasteiger partial charge in [-0.1, -0.05) is 18.2 Å². The van der Waals surface area contributed by atoms with Crippen LogP contribution in [0.5, 0.6) is 5.75 Å². The number of benzene rings is 1. The van der Waals surface area contributed by atoms with Crippen molar-refractivity contribution in [3.05, 3.63) is 29.8 Å². The lowest BCUT2D eigenvalue weighted by Gasteiger charge is -2.35. The van der Waals surface area contributed by atoms with Crippen LogP contribution in [0.3, 0.4) is 0 Å². The average Bonchev–Trinajstić information content (AvgIpc) is 2.72. The van der Waals surface area contributed by atoms with Crippen molar-refractivity contribution in [2.45, 2.75) is 39.3 Å². The summed E-state index contributed by atoms with van der Waals surface area (Å²) in [6.45, 7) is 11.3. The summed E-state index contributed by atoms with van der Waals surface area (Å²) in [6, 6.07) is 7.95. The van der Waals surface area contributed by atoms with E-state index in [2.05, 4.69) is 20.5 Å². The van der Waals surface area contributed by atoms with Gasteiger partial charge in [-0.05, 0) is 39.8 Å². The van der Waals surface area contributed by atoms with Crippen molar-refractivity contribution in [1.82, 2.24) is 20.4 Å². The van der Waals surface area contributed by atoms with E-state index in [0.717, 1.165) is 49.9 Å². The first-order valence-corrected chi connectivity index (χ1v) is 10.6. The molecule has 1 aromatic carbocycles. The molecule has 30 heavy (non-hydrogen) atoms. The number of amides is 1. The number of carbonyl (C=O) groups is 1. The van der Waals surface area contributed by atoms with Gasteiger partial charge in [0.15, 0.2) is 5.96 Å². The minimum Gasteiger partial charge on any atom is -0.496 e. The molecular formula is C22H37N5O3. The highest BCUT2D eigenvalue weighted by Crippen LogP contribution is 2.16. The van der Waals surface area contributed by atoms with Crippen LogP contribution in [0.25, 0.3) is 0 Å². The molecule has 0 bridgehead atoms. The lowest BCUT2D eigenvalue weighted by molar-refractivity contribution is 0.0145. The van der Waals surface area contributed by atoms with E-state index >= 15 is 0 Å². The van der Waals surface area contributed by atoms with Gasteiger partial charge in [0.25, 0.3) is 0 Å². The van der Waals surface area contributed by atoms with Crippen molar-refractivity contribution in [3.63, 3.8) is 0 Å². The zero-order chi connectivity index (χ0) is 22.0. The van der Waals surface area contributed by atoms with Crippen LogP contribution in [-0.4, -0.2) is 80.9 Å². The van der Waals surface area contributed by atoms with Crippen LogP contribution in [0.2, 0.25) is 0 Å². The first-order chi connectivity index (χ1) is 14.3. The molecule has 2 rings (SSSR count). The molecule has 1 saturated heterocycles. The van der Waals surface area contributed by atoms with Gasteiger partial charge in [0.05, 0.1) is 7.11 Å². The third-order valence-corrected chi connectivity index (χ3v) is 4.83. The fourth-order valence-electron chi connectivity index (χ4n) is 3.24. The highest BCUT2D eigenvalue weighted by Gasteiger charge is 2.25.